The Bertz CT molecular complexity index is 507. The van der Waals surface area contributed by atoms with Crippen LogP contribution in [0.5, 0.6) is 0 Å². The molecule has 4 heteroatoms. The third-order valence-electron chi connectivity index (χ3n) is 4.20. The van der Waals surface area contributed by atoms with Crippen LogP contribution in [0.4, 0.5) is 0 Å². The maximum atomic E-state index is 4.67. The first kappa shape index (κ1) is 13.6. The van der Waals surface area contributed by atoms with E-state index in [1.54, 1.807) is 0 Å². The SMILES string of the molecule is CCNCC1CCN(Cc2nc3ccccc3[nH]2)CC1. The number of imidazole rings is 1. The molecule has 0 radical (unpaired) electrons. The summed E-state index contributed by atoms with van der Waals surface area (Å²) in [6.45, 7) is 7.76. The van der Waals surface area contributed by atoms with E-state index in [1.165, 1.54) is 32.5 Å². The summed E-state index contributed by atoms with van der Waals surface area (Å²) < 4.78 is 0. The van der Waals surface area contributed by atoms with Gasteiger partial charge in [-0.3, -0.25) is 4.90 Å². The van der Waals surface area contributed by atoms with Crippen molar-refractivity contribution in [2.24, 2.45) is 5.92 Å². The zero-order chi connectivity index (χ0) is 13.8. The first-order chi connectivity index (χ1) is 9.85. The first-order valence-corrected chi connectivity index (χ1v) is 7.72. The lowest BCUT2D eigenvalue weighted by Gasteiger charge is -2.31. The molecule has 2 N–H and O–H groups in total. The van der Waals surface area contributed by atoms with Gasteiger partial charge in [0.15, 0.2) is 0 Å². The second-order valence-electron chi connectivity index (χ2n) is 5.73. The van der Waals surface area contributed by atoms with E-state index in [1.807, 2.05) is 6.07 Å². The minimum absolute atomic E-state index is 0.849. The van der Waals surface area contributed by atoms with Crippen molar-refractivity contribution in [3.63, 3.8) is 0 Å². The molecule has 1 aromatic heterocycles. The number of hydrogen-bond donors (Lipinski definition) is 2. The van der Waals surface area contributed by atoms with Gasteiger partial charge in [-0.1, -0.05) is 19.1 Å². The highest BCUT2D eigenvalue weighted by atomic mass is 15.2. The fourth-order valence-electron chi connectivity index (χ4n) is 2.99. The molecule has 1 aliphatic heterocycles. The van der Waals surface area contributed by atoms with E-state index >= 15 is 0 Å². The van der Waals surface area contributed by atoms with Crippen LogP contribution in [0.25, 0.3) is 11.0 Å². The number of likely N-dealkylation sites (tertiary alicyclic amines) is 1. The lowest BCUT2D eigenvalue weighted by molar-refractivity contribution is 0.173. The van der Waals surface area contributed by atoms with E-state index in [-0.39, 0.29) is 0 Å². The monoisotopic (exact) mass is 272 g/mol. The normalized spacial score (nSPS) is 17.9. The number of H-pyrrole nitrogens is 1. The molecular formula is C16H24N4. The quantitative estimate of drug-likeness (QED) is 0.878. The summed E-state index contributed by atoms with van der Waals surface area (Å²) in [5, 5.41) is 3.46. The molecule has 1 saturated heterocycles. The van der Waals surface area contributed by atoms with Crippen molar-refractivity contribution in [3.05, 3.63) is 30.1 Å². The van der Waals surface area contributed by atoms with Gasteiger partial charge in [0.25, 0.3) is 0 Å². The van der Waals surface area contributed by atoms with Gasteiger partial charge in [0.1, 0.15) is 5.82 Å². The van der Waals surface area contributed by atoms with Crippen molar-refractivity contribution in [2.45, 2.75) is 26.3 Å². The topological polar surface area (TPSA) is 44.0 Å². The summed E-state index contributed by atoms with van der Waals surface area (Å²) in [6, 6.07) is 8.25. The molecule has 2 heterocycles. The van der Waals surface area contributed by atoms with Gasteiger partial charge in [-0.25, -0.2) is 4.98 Å². The molecule has 0 atom stereocenters. The molecule has 20 heavy (non-hydrogen) atoms. The second-order valence-corrected chi connectivity index (χ2v) is 5.73. The molecule has 0 saturated carbocycles. The Morgan fingerprint density at radius 1 is 1.30 bits per heavy atom. The molecule has 0 aliphatic carbocycles. The second kappa shape index (κ2) is 6.37. The Labute approximate surface area is 120 Å². The van der Waals surface area contributed by atoms with Crippen molar-refractivity contribution in [1.29, 1.82) is 0 Å². The van der Waals surface area contributed by atoms with Crippen LogP contribution in [-0.4, -0.2) is 41.0 Å². The number of benzene rings is 1. The van der Waals surface area contributed by atoms with Crippen LogP contribution < -0.4 is 5.32 Å². The van der Waals surface area contributed by atoms with Crippen LogP contribution in [0.1, 0.15) is 25.6 Å². The predicted molar refractivity (Wildman–Crippen MR) is 82.6 cm³/mol. The zero-order valence-electron chi connectivity index (χ0n) is 12.2. The lowest BCUT2D eigenvalue weighted by Crippen LogP contribution is -2.37. The number of hydrogen-bond acceptors (Lipinski definition) is 3. The number of nitrogens with one attached hydrogen (secondary N) is 2. The molecule has 1 fully saturated rings. The summed E-state index contributed by atoms with van der Waals surface area (Å²) in [5.74, 6) is 1.94. The van der Waals surface area contributed by atoms with Crippen LogP contribution in [0.2, 0.25) is 0 Å². The summed E-state index contributed by atoms with van der Waals surface area (Å²) in [4.78, 5) is 10.6. The molecule has 0 unspecified atom stereocenters. The van der Waals surface area contributed by atoms with Crippen LogP contribution in [0.3, 0.4) is 0 Å². The van der Waals surface area contributed by atoms with Crippen LogP contribution in [0.15, 0.2) is 24.3 Å². The maximum Gasteiger partial charge on any atom is 0.121 e. The fraction of sp³-hybridized carbons (Fsp3) is 0.562. The maximum absolute atomic E-state index is 4.67. The van der Waals surface area contributed by atoms with E-state index in [4.69, 9.17) is 0 Å². The van der Waals surface area contributed by atoms with Gasteiger partial charge < -0.3 is 10.3 Å². The van der Waals surface area contributed by atoms with E-state index in [0.717, 1.165) is 35.9 Å². The molecule has 0 amide bonds. The minimum atomic E-state index is 0.849. The van der Waals surface area contributed by atoms with Crippen molar-refractivity contribution in [3.8, 4) is 0 Å². The van der Waals surface area contributed by atoms with E-state index in [0.29, 0.717) is 0 Å². The average Bonchev–Trinajstić information content (AvgIpc) is 2.89. The number of para-hydroxylation sites is 2. The predicted octanol–water partition coefficient (Wildman–Crippen LogP) is 2.38. The number of rotatable bonds is 5. The summed E-state index contributed by atoms with van der Waals surface area (Å²) in [7, 11) is 0. The third kappa shape index (κ3) is 3.19. The summed E-state index contributed by atoms with van der Waals surface area (Å²) >= 11 is 0. The number of piperidine rings is 1. The highest BCUT2D eigenvalue weighted by Gasteiger charge is 2.19. The van der Waals surface area contributed by atoms with Gasteiger partial charge in [0, 0.05) is 0 Å². The van der Waals surface area contributed by atoms with Gasteiger partial charge in [0.2, 0.25) is 0 Å². The molecule has 4 nitrogen and oxygen atoms in total. The van der Waals surface area contributed by atoms with E-state index in [2.05, 4.69) is 45.3 Å². The Hall–Kier alpha value is -1.39. The molecule has 1 aliphatic rings. The number of fused-ring (bicyclic) bond motifs is 1. The summed E-state index contributed by atoms with van der Waals surface area (Å²) in [5.41, 5.74) is 2.22. The molecule has 2 aromatic rings. The van der Waals surface area contributed by atoms with Crippen molar-refractivity contribution >= 4 is 11.0 Å². The zero-order valence-corrected chi connectivity index (χ0v) is 12.2. The third-order valence-corrected chi connectivity index (χ3v) is 4.20. The first-order valence-electron chi connectivity index (χ1n) is 7.72. The van der Waals surface area contributed by atoms with Gasteiger partial charge in [-0.15, -0.1) is 0 Å². The number of nitrogens with zero attached hydrogens (tertiary/aromatic N) is 2. The van der Waals surface area contributed by atoms with Gasteiger partial charge in [-0.2, -0.15) is 0 Å². The molecule has 108 valence electrons. The van der Waals surface area contributed by atoms with E-state index in [9.17, 15) is 0 Å². The highest BCUT2D eigenvalue weighted by molar-refractivity contribution is 5.74. The fourth-order valence-corrected chi connectivity index (χ4v) is 2.99. The van der Waals surface area contributed by atoms with E-state index < -0.39 is 0 Å². The van der Waals surface area contributed by atoms with Crippen molar-refractivity contribution < 1.29 is 0 Å². The Morgan fingerprint density at radius 3 is 2.85 bits per heavy atom. The molecule has 1 aromatic carbocycles. The molecule has 0 spiro atoms. The smallest absolute Gasteiger partial charge is 0.121 e. The Kier molecular flexibility index (Phi) is 4.33. The summed E-state index contributed by atoms with van der Waals surface area (Å²) in [6.07, 6.45) is 2.60. The van der Waals surface area contributed by atoms with Crippen LogP contribution >= 0.6 is 0 Å². The Morgan fingerprint density at radius 2 is 2.10 bits per heavy atom. The van der Waals surface area contributed by atoms with Crippen molar-refractivity contribution in [2.75, 3.05) is 26.2 Å². The van der Waals surface area contributed by atoms with Crippen LogP contribution in [-0.2, 0) is 6.54 Å². The van der Waals surface area contributed by atoms with Crippen LogP contribution in [0, 0.1) is 5.92 Å². The molecular weight excluding hydrogens is 248 g/mol. The highest BCUT2D eigenvalue weighted by Crippen LogP contribution is 2.18. The largest absolute Gasteiger partial charge is 0.341 e. The lowest BCUT2D eigenvalue weighted by atomic mass is 9.97. The minimum Gasteiger partial charge on any atom is -0.341 e. The Balaban J connectivity index is 1.54. The number of aromatic amines is 1. The molecule has 0 bridgehead atoms. The van der Waals surface area contributed by atoms with Gasteiger partial charge in [0.05, 0.1) is 17.6 Å². The standard InChI is InChI=1S/C16H24N4/c1-2-17-11-13-7-9-20(10-8-13)12-16-18-14-5-3-4-6-15(14)19-16/h3-6,13,17H,2,7-12H2,1H3,(H,18,19). The molecule has 3 rings (SSSR count). The van der Waals surface area contributed by atoms with Gasteiger partial charge >= 0.3 is 0 Å². The number of aromatic nitrogens is 2. The average molecular weight is 272 g/mol. The van der Waals surface area contributed by atoms with Gasteiger partial charge in [-0.05, 0) is 57.1 Å². The van der Waals surface area contributed by atoms with Crippen molar-refractivity contribution in [1.82, 2.24) is 20.2 Å².